The standard InChI is InChI=1S/C12H21N5O/c1-3-16-6-4-5-11(16)7-14-12(18)10(2)17-9-13-8-15-17/h8-11H,3-7H2,1-2H3,(H,14,18)/t10-,11-/m0/s1. The van der Waals surface area contributed by atoms with Gasteiger partial charge in [-0.15, -0.1) is 0 Å². The van der Waals surface area contributed by atoms with Crippen molar-refractivity contribution in [2.24, 2.45) is 0 Å². The van der Waals surface area contributed by atoms with Crippen molar-refractivity contribution in [1.82, 2.24) is 25.0 Å². The Morgan fingerprint density at radius 1 is 1.61 bits per heavy atom. The first-order chi connectivity index (χ1) is 8.72. The van der Waals surface area contributed by atoms with E-state index in [-0.39, 0.29) is 11.9 Å². The minimum absolute atomic E-state index is 0.00320. The topological polar surface area (TPSA) is 63.1 Å². The molecule has 1 N–H and O–H groups in total. The molecule has 2 heterocycles. The number of hydrogen-bond acceptors (Lipinski definition) is 4. The fourth-order valence-electron chi connectivity index (χ4n) is 2.45. The first-order valence-corrected chi connectivity index (χ1v) is 6.58. The zero-order chi connectivity index (χ0) is 13.0. The summed E-state index contributed by atoms with van der Waals surface area (Å²) in [5.74, 6) is 0.00320. The van der Waals surface area contributed by atoms with Crippen molar-refractivity contribution in [3.8, 4) is 0 Å². The Kier molecular flexibility index (Phi) is 4.30. The molecule has 100 valence electrons. The van der Waals surface area contributed by atoms with Crippen molar-refractivity contribution in [3.05, 3.63) is 12.7 Å². The van der Waals surface area contributed by atoms with Gasteiger partial charge in [0, 0.05) is 12.6 Å². The molecule has 2 rings (SSSR count). The molecule has 1 aliphatic heterocycles. The van der Waals surface area contributed by atoms with Crippen LogP contribution in [0.5, 0.6) is 0 Å². The van der Waals surface area contributed by atoms with Gasteiger partial charge in [0.25, 0.3) is 0 Å². The number of carbonyl (C=O) groups is 1. The second kappa shape index (κ2) is 5.95. The van der Waals surface area contributed by atoms with Crippen LogP contribution in [-0.4, -0.2) is 51.2 Å². The Labute approximate surface area is 107 Å². The maximum atomic E-state index is 12.0. The molecule has 0 aromatic carbocycles. The van der Waals surface area contributed by atoms with Crippen LogP contribution in [-0.2, 0) is 4.79 Å². The summed E-state index contributed by atoms with van der Waals surface area (Å²) in [7, 11) is 0. The van der Waals surface area contributed by atoms with E-state index >= 15 is 0 Å². The molecule has 0 saturated carbocycles. The molecule has 0 spiro atoms. The van der Waals surface area contributed by atoms with Crippen molar-refractivity contribution in [2.75, 3.05) is 19.6 Å². The fourth-order valence-corrected chi connectivity index (χ4v) is 2.45. The predicted molar refractivity (Wildman–Crippen MR) is 68.0 cm³/mol. The Morgan fingerprint density at radius 3 is 3.11 bits per heavy atom. The van der Waals surface area contributed by atoms with Crippen molar-refractivity contribution < 1.29 is 4.79 Å². The van der Waals surface area contributed by atoms with Crippen molar-refractivity contribution in [3.63, 3.8) is 0 Å². The summed E-state index contributed by atoms with van der Waals surface area (Å²) in [6, 6.07) is 0.186. The zero-order valence-electron chi connectivity index (χ0n) is 11.0. The number of rotatable bonds is 5. The smallest absolute Gasteiger partial charge is 0.244 e. The maximum Gasteiger partial charge on any atom is 0.244 e. The second-order valence-corrected chi connectivity index (χ2v) is 4.72. The number of likely N-dealkylation sites (tertiary alicyclic amines) is 1. The average molecular weight is 251 g/mol. The molecule has 6 heteroatoms. The van der Waals surface area contributed by atoms with E-state index in [1.807, 2.05) is 6.92 Å². The van der Waals surface area contributed by atoms with Crippen LogP contribution in [0.3, 0.4) is 0 Å². The molecule has 0 aliphatic carbocycles. The van der Waals surface area contributed by atoms with E-state index in [1.54, 1.807) is 11.0 Å². The van der Waals surface area contributed by atoms with E-state index in [0.717, 1.165) is 19.6 Å². The van der Waals surface area contributed by atoms with Gasteiger partial charge in [0.2, 0.25) is 5.91 Å². The summed E-state index contributed by atoms with van der Waals surface area (Å²) in [5.41, 5.74) is 0. The van der Waals surface area contributed by atoms with Crippen LogP contribution in [0.25, 0.3) is 0 Å². The zero-order valence-corrected chi connectivity index (χ0v) is 11.0. The van der Waals surface area contributed by atoms with Crippen LogP contribution >= 0.6 is 0 Å². The van der Waals surface area contributed by atoms with E-state index < -0.39 is 0 Å². The number of carbonyl (C=O) groups excluding carboxylic acids is 1. The summed E-state index contributed by atoms with van der Waals surface area (Å²) in [6.07, 6.45) is 5.41. The molecular weight excluding hydrogens is 230 g/mol. The van der Waals surface area contributed by atoms with Gasteiger partial charge in [-0.05, 0) is 32.9 Å². The average Bonchev–Trinajstić information content (AvgIpc) is 3.05. The Morgan fingerprint density at radius 2 is 2.44 bits per heavy atom. The first kappa shape index (κ1) is 13.0. The fraction of sp³-hybridized carbons (Fsp3) is 0.750. The number of aromatic nitrogens is 3. The molecule has 0 radical (unpaired) electrons. The molecule has 1 aliphatic rings. The molecule has 0 bridgehead atoms. The van der Waals surface area contributed by atoms with Gasteiger partial charge in [0.15, 0.2) is 0 Å². The Balaban J connectivity index is 1.81. The van der Waals surface area contributed by atoms with Gasteiger partial charge in [0.05, 0.1) is 0 Å². The van der Waals surface area contributed by atoms with Crippen molar-refractivity contribution in [2.45, 2.75) is 38.8 Å². The van der Waals surface area contributed by atoms with Crippen molar-refractivity contribution >= 4 is 5.91 Å². The number of amides is 1. The summed E-state index contributed by atoms with van der Waals surface area (Å²) >= 11 is 0. The lowest BCUT2D eigenvalue weighted by Gasteiger charge is -2.23. The van der Waals surface area contributed by atoms with Crippen LogP contribution in [0.2, 0.25) is 0 Å². The van der Waals surface area contributed by atoms with Gasteiger partial charge < -0.3 is 5.32 Å². The molecule has 18 heavy (non-hydrogen) atoms. The monoisotopic (exact) mass is 251 g/mol. The lowest BCUT2D eigenvalue weighted by atomic mass is 10.2. The lowest BCUT2D eigenvalue weighted by molar-refractivity contribution is -0.124. The quantitative estimate of drug-likeness (QED) is 0.825. The summed E-state index contributed by atoms with van der Waals surface area (Å²) < 4.78 is 1.57. The summed E-state index contributed by atoms with van der Waals surface area (Å²) in [5, 5.41) is 6.99. The molecule has 2 atom stereocenters. The highest BCUT2D eigenvalue weighted by Gasteiger charge is 2.24. The van der Waals surface area contributed by atoms with Gasteiger partial charge in [-0.2, -0.15) is 5.10 Å². The van der Waals surface area contributed by atoms with Gasteiger partial charge in [-0.25, -0.2) is 9.67 Å². The van der Waals surface area contributed by atoms with Crippen LogP contribution in [0.15, 0.2) is 12.7 Å². The SMILES string of the molecule is CCN1CCC[C@H]1CNC(=O)[C@H](C)n1cncn1. The Hall–Kier alpha value is -1.43. The molecule has 1 amide bonds. The third-order valence-corrected chi connectivity index (χ3v) is 3.63. The highest BCUT2D eigenvalue weighted by Crippen LogP contribution is 2.15. The highest BCUT2D eigenvalue weighted by molar-refractivity contribution is 5.79. The highest BCUT2D eigenvalue weighted by atomic mass is 16.2. The van der Waals surface area contributed by atoms with Crippen LogP contribution in [0.4, 0.5) is 0 Å². The first-order valence-electron chi connectivity index (χ1n) is 6.58. The van der Waals surface area contributed by atoms with Crippen LogP contribution in [0, 0.1) is 0 Å². The molecule has 0 unspecified atom stereocenters. The molecular formula is C12H21N5O. The van der Waals surface area contributed by atoms with E-state index in [2.05, 4.69) is 27.2 Å². The van der Waals surface area contributed by atoms with Crippen LogP contribution in [0.1, 0.15) is 32.7 Å². The molecule has 1 fully saturated rings. The van der Waals surface area contributed by atoms with E-state index in [9.17, 15) is 4.79 Å². The molecule has 1 aromatic heterocycles. The van der Waals surface area contributed by atoms with E-state index in [4.69, 9.17) is 0 Å². The van der Waals surface area contributed by atoms with Gasteiger partial charge >= 0.3 is 0 Å². The number of nitrogens with one attached hydrogen (secondary N) is 1. The van der Waals surface area contributed by atoms with E-state index in [1.165, 1.54) is 19.2 Å². The summed E-state index contributed by atoms with van der Waals surface area (Å²) in [6.45, 7) is 6.93. The minimum atomic E-state index is -0.302. The normalized spacial score (nSPS) is 22.0. The van der Waals surface area contributed by atoms with E-state index in [0.29, 0.717) is 6.04 Å². The van der Waals surface area contributed by atoms with Gasteiger partial charge in [-0.3, -0.25) is 9.69 Å². The Bertz CT molecular complexity index is 378. The molecule has 1 saturated heterocycles. The third-order valence-electron chi connectivity index (χ3n) is 3.63. The number of nitrogens with zero attached hydrogens (tertiary/aromatic N) is 4. The minimum Gasteiger partial charge on any atom is -0.353 e. The van der Waals surface area contributed by atoms with Gasteiger partial charge in [0.1, 0.15) is 18.7 Å². The second-order valence-electron chi connectivity index (χ2n) is 4.72. The van der Waals surface area contributed by atoms with Gasteiger partial charge in [-0.1, -0.05) is 6.92 Å². The third kappa shape index (κ3) is 2.87. The number of hydrogen-bond donors (Lipinski definition) is 1. The summed E-state index contributed by atoms with van der Waals surface area (Å²) in [4.78, 5) is 18.2. The predicted octanol–water partition coefficient (Wildman–Crippen LogP) is 0.440. The molecule has 1 aromatic rings. The lowest BCUT2D eigenvalue weighted by Crippen LogP contribution is -2.42. The van der Waals surface area contributed by atoms with Crippen LogP contribution < -0.4 is 5.32 Å². The maximum absolute atomic E-state index is 12.0. The van der Waals surface area contributed by atoms with Crippen molar-refractivity contribution in [1.29, 1.82) is 0 Å². The number of likely N-dealkylation sites (N-methyl/N-ethyl adjacent to an activating group) is 1. The molecule has 6 nitrogen and oxygen atoms in total. The largest absolute Gasteiger partial charge is 0.353 e.